The van der Waals surface area contributed by atoms with Crippen molar-refractivity contribution in [3.63, 3.8) is 0 Å². The van der Waals surface area contributed by atoms with Gasteiger partial charge in [0, 0.05) is 39.2 Å². The average Bonchev–Trinajstić information content (AvgIpc) is 2.78. The molecular formula is C12H18N4O. The largest absolute Gasteiger partial charge is 0.363 e. The summed E-state index contributed by atoms with van der Waals surface area (Å²) in [6.07, 6.45) is 2.50. The third kappa shape index (κ3) is 2.54. The summed E-state index contributed by atoms with van der Waals surface area (Å²) in [5.74, 6) is 2.23. The number of carbonyl (C=O) groups excluding carboxylic acids is 1. The molecule has 1 fully saturated rings. The van der Waals surface area contributed by atoms with Gasteiger partial charge in [-0.05, 0) is 13.3 Å². The van der Waals surface area contributed by atoms with Gasteiger partial charge >= 0.3 is 0 Å². The standard InChI is InChI=1S/C12H18N4O/c1-9(17)10-4-5-16(7-10)12-6-11(15(2)3)13-8-14-12/h6,8,10H,4-5,7H2,1-3H3/t10-/m0/s1. The average molecular weight is 234 g/mol. The van der Waals surface area contributed by atoms with Crippen LogP contribution >= 0.6 is 0 Å². The normalized spacial score (nSPS) is 19.5. The topological polar surface area (TPSA) is 49.3 Å². The maximum atomic E-state index is 11.3. The molecule has 5 nitrogen and oxygen atoms in total. The van der Waals surface area contributed by atoms with Crippen LogP contribution in [0.2, 0.25) is 0 Å². The fourth-order valence-electron chi connectivity index (χ4n) is 2.05. The van der Waals surface area contributed by atoms with E-state index in [0.29, 0.717) is 0 Å². The Morgan fingerprint density at radius 3 is 2.82 bits per heavy atom. The van der Waals surface area contributed by atoms with E-state index < -0.39 is 0 Å². The molecule has 0 amide bonds. The molecule has 0 saturated carbocycles. The molecule has 1 aliphatic heterocycles. The predicted octanol–water partition coefficient (Wildman–Crippen LogP) is 0.958. The second kappa shape index (κ2) is 4.69. The molecule has 1 aromatic heterocycles. The Morgan fingerprint density at radius 1 is 1.47 bits per heavy atom. The maximum absolute atomic E-state index is 11.3. The first-order valence-corrected chi connectivity index (χ1v) is 5.82. The Bertz CT molecular complexity index is 419. The van der Waals surface area contributed by atoms with Crippen molar-refractivity contribution in [3.8, 4) is 0 Å². The lowest BCUT2D eigenvalue weighted by molar-refractivity contribution is -0.120. The quantitative estimate of drug-likeness (QED) is 0.779. The molecule has 0 N–H and O–H groups in total. The Labute approximate surface area is 101 Å². The summed E-state index contributed by atoms with van der Waals surface area (Å²) >= 11 is 0. The van der Waals surface area contributed by atoms with Gasteiger partial charge in [0.2, 0.25) is 0 Å². The highest BCUT2D eigenvalue weighted by atomic mass is 16.1. The lowest BCUT2D eigenvalue weighted by Crippen LogP contribution is -2.23. The summed E-state index contributed by atoms with van der Waals surface area (Å²) < 4.78 is 0. The molecule has 1 saturated heterocycles. The van der Waals surface area contributed by atoms with Gasteiger partial charge in [-0.1, -0.05) is 0 Å². The minimum atomic E-state index is 0.160. The summed E-state index contributed by atoms with van der Waals surface area (Å²) in [6.45, 7) is 3.34. The maximum Gasteiger partial charge on any atom is 0.134 e. The van der Waals surface area contributed by atoms with E-state index in [1.165, 1.54) is 0 Å². The number of anilines is 2. The number of rotatable bonds is 3. The van der Waals surface area contributed by atoms with E-state index in [-0.39, 0.29) is 11.7 Å². The van der Waals surface area contributed by atoms with Crippen molar-refractivity contribution >= 4 is 17.4 Å². The Hall–Kier alpha value is -1.65. The fourth-order valence-corrected chi connectivity index (χ4v) is 2.05. The zero-order chi connectivity index (χ0) is 12.4. The van der Waals surface area contributed by atoms with E-state index in [9.17, 15) is 4.79 Å². The summed E-state index contributed by atoms with van der Waals surface area (Å²) in [6, 6.07) is 1.96. The van der Waals surface area contributed by atoms with Gasteiger partial charge < -0.3 is 9.80 Å². The monoisotopic (exact) mass is 234 g/mol. The van der Waals surface area contributed by atoms with E-state index >= 15 is 0 Å². The second-order valence-electron chi connectivity index (χ2n) is 4.67. The predicted molar refractivity (Wildman–Crippen MR) is 67.4 cm³/mol. The highest BCUT2D eigenvalue weighted by Crippen LogP contribution is 2.24. The number of carbonyl (C=O) groups is 1. The number of Topliss-reactive ketones (excluding diaryl/α,β-unsaturated/α-hetero) is 1. The minimum absolute atomic E-state index is 0.160. The summed E-state index contributed by atoms with van der Waals surface area (Å²) in [5, 5.41) is 0. The third-order valence-corrected chi connectivity index (χ3v) is 3.18. The van der Waals surface area contributed by atoms with Crippen LogP contribution in [0.1, 0.15) is 13.3 Å². The molecule has 2 heterocycles. The molecule has 17 heavy (non-hydrogen) atoms. The Balaban J connectivity index is 2.13. The zero-order valence-electron chi connectivity index (χ0n) is 10.6. The van der Waals surface area contributed by atoms with Crippen LogP contribution in [0, 0.1) is 5.92 Å². The van der Waals surface area contributed by atoms with E-state index in [1.807, 2.05) is 25.1 Å². The number of ketones is 1. The molecule has 5 heteroatoms. The minimum Gasteiger partial charge on any atom is -0.363 e. The first-order chi connectivity index (χ1) is 8.08. The van der Waals surface area contributed by atoms with E-state index in [0.717, 1.165) is 31.1 Å². The Morgan fingerprint density at radius 2 is 2.24 bits per heavy atom. The molecule has 0 aromatic carbocycles. The van der Waals surface area contributed by atoms with Crippen LogP contribution in [0.15, 0.2) is 12.4 Å². The van der Waals surface area contributed by atoms with Crippen LogP contribution < -0.4 is 9.80 Å². The molecule has 0 spiro atoms. The van der Waals surface area contributed by atoms with Crippen LogP contribution in [0.25, 0.3) is 0 Å². The van der Waals surface area contributed by atoms with Crippen LogP contribution in [0.5, 0.6) is 0 Å². The van der Waals surface area contributed by atoms with Crippen molar-refractivity contribution < 1.29 is 4.79 Å². The highest BCUT2D eigenvalue weighted by molar-refractivity contribution is 5.79. The molecule has 0 bridgehead atoms. The van der Waals surface area contributed by atoms with E-state index in [1.54, 1.807) is 13.3 Å². The molecule has 92 valence electrons. The van der Waals surface area contributed by atoms with Crippen LogP contribution in [-0.4, -0.2) is 42.9 Å². The van der Waals surface area contributed by atoms with Gasteiger partial charge in [0.05, 0.1) is 0 Å². The molecule has 2 rings (SSSR count). The SMILES string of the molecule is CC(=O)[C@H]1CCN(c2cc(N(C)C)ncn2)C1. The fraction of sp³-hybridized carbons (Fsp3) is 0.583. The number of aromatic nitrogens is 2. The van der Waals surface area contributed by atoms with Crippen molar-refractivity contribution in [2.75, 3.05) is 37.0 Å². The van der Waals surface area contributed by atoms with Crippen molar-refractivity contribution in [2.45, 2.75) is 13.3 Å². The first kappa shape index (κ1) is 11.8. The van der Waals surface area contributed by atoms with Gasteiger partial charge in [-0.3, -0.25) is 4.79 Å². The lowest BCUT2D eigenvalue weighted by atomic mass is 10.1. The Kier molecular flexibility index (Phi) is 3.26. The smallest absolute Gasteiger partial charge is 0.134 e. The molecule has 0 unspecified atom stereocenters. The number of hydrogen-bond donors (Lipinski definition) is 0. The van der Waals surface area contributed by atoms with Crippen molar-refractivity contribution in [1.82, 2.24) is 9.97 Å². The van der Waals surface area contributed by atoms with Crippen molar-refractivity contribution in [2.24, 2.45) is 5.92 Å². The molecular weight excluding hydrogens is 216 g/mol. The van der Waals surface area contributed by atoms with Crippen LogP contribution in [0.4, 0.5) is 11.6 Å². The molecule has 1 atom stereocenters. The van der Waals surface area contributed by atoms with Crippen molar-refractivity contribution in [3.05, 3.63) is 12.4 Å². The van der Waals surface area contributed by atoms with Crippen molar-refractivity contribution in [1.29, 1.82) is 0 Å². The summed E-state index contributed by atoms with van der Waals surface area (Å²) in [4.78, 5) is 23.9. The van der Waals surface area contributed by atoms with Gasteiger partial charge in [0.1, 0.15) is 23.7 Å². The molecule has 0 radical (unpaired) electrons. The molecule has 0 aliphatic carbocycles. The van der Waals surface area contributed by atoms with Gasteiger partial charge in [0.15, 0.2) is 0 Å². The zero-order valence-corrected chi connectivity index (χ0v) is 10.6. The lowest BCUT2D eigenvalue weighted by Gasteiger charge is -2.19. The van der Waals surface area contributed by atoms with E-state index in [2.05, 4.69) is 14.9 Å². The number of nitrogens with zero attached hydrogens (tertiary/aromatic N) is 4. The molecule has 1 aromatic rings. The molecule has 1 aliphatic rings. The van der Waals surface area contributed by atoms with Gasteiger partial charge in [-0.25, -0.2) is 9.97 Å². The van der Waals surface area contributed by atoms with E-state index in [4.69, 9.17) is 0 Å². The summed E-state index contributed by atoms with van der Waals surface area (Å²) in [7, 11) is 3.91. The van der Waals surface area contributed by atoms with Crippen LogP contribution in [-0.2, 0) is 4.79 Å². The van der Waals surface area contributed by atoms with Gasteiger partial charge in [-0.15, -0.1) is 0 Å². The van der Waals surface area contributed by atoms with Gasteiger partial charge in [0.25, 0.3) is 0 Å². The second-order valence-corrected chi connectivity index (χ2v) is 4.67. The summed E-state index contributed by atoms with van der Waals surface area (Å²) in [5.41, 5.74) is 0. The number of hydrogen-bond acceptors (Lipinski definition) is 5. The first-order valence-electron chi connectivity index (χ1n) is 5.82. The van der Waals surface area contributed by atoms with Gasteiger partial charge in [-0.2, -0.15) is 0 Å². The van der Waals surface area contributed by atoms with Crippen LogP contribution in [0.3, 0.4) is 0 Å². The third-order valence-electron chi connectivity index (χ3n) is 3.18. The highest BCUT2D eigenvalue weighted by Gasteiger charge is 2.26.